The highest BCUT2D eigenvalue weighted by molar-refractivity contribution is 7.99. The molecule has 2 aromatic carbocycles. The van der Waals surface area contributed by atoms with Gasteiger partial charge in [-0.05, 0) is 23.8 Å². The molecule has 31 heavy (non-hydrogen) atoms. The Morgan fingerprint density at radius 3 is 2.74 bits per heavy atom. The number of halogens is 1. The molecule has 0 radical (unpaired) electrons. The number of thioether (sulfide) groups is 1. The number of nitrogens with one attached hydrogen (secondary N) is 1. The number of aromatic nitrogens is 4. The number of amides is 1. The van der Waals surface area contributed by atoms with Crippen molar-refractivity contribution in [2.45, 2.75) is 24.2 Å². The number of fused-ring (bicyclic) bond motifs is 2. The lowest BCUT2D eigenvalue weighted by atomic mass is 10.2. The van der Waals surface area contributed by atoms with Crippen LogP contribution in [0.25, 0.3) is 16.7 Å². The Kier molecular flexibility index (Phi) is 5.25. The average Bonchev–Trinajstić information content (AvgIpc) is 3.39. The molecular weight excluding hydrogens is 434 g/mol. The topological polar surface area (TPSA) is 81.8 Å². The van der Waals surface area contributed by atoms with Gasteiger partial charge in [0.05, 0.1) is 17.9 Å². The van der Waals surface area contributed by atoms with Gasteiger partial charge in [-0.3, -0.25) is 14.2 Å². The van der Waals surface area contributed by atoms with Crippen LogP contribution in [0.5, 0.6) is 0 Å². The van der Waals surface area contributed by atoms with Gasteiger partial charge in [0, 0.05) is 23.7 Å². The molecule has 4 aromatic rings. The number of hydrogen-bond acceptors (Lipinski definition) is 5. The van der Waals surface area contributed by atoms with Crippen molar-refractivity contribution < 1.29 is 4.79 Å². The van der Waals surface area contributed by atoms with E-state index in [4.69, 9.17) is 16.6 Å². The summed E-state index contributed by atoms with van der Waals surface area (Å²) in [6.45, 7) is 0.348. The highest BCUT2D eigenvalue weighted by Gasteiger charge is 2.29. The van der Waals surface area contributed by atoms with Crippen LogP contribution in [0.15, 0.2) is 70.7 Å². The van der Waals surface area contributed by atoms with Gasteiger partial charge in [-0.2, -0.15) is 5.10 Å². The zero-order valence-electron chi connectivity index (χ0n) is 16.4. The van der Waals surface area contributed by atoms with Crippen LogP contribution in [0.2, 0.25) is 5.02 Å². The van der Waals surface area contributed by atoms with E-state index in [2.05, 4.69) is 10.4 Å². The molecule has 2 aromatic heterocycles. The summed E-state index contributed by atoms with van der Waals surface area (Å²) in [5.41, 5.74) is 2.05. The average molecular weight is 452 g/mol. The van der Waals surface area contributed by atoms with Crippen LogP contribution < -0.4 is 10.9 Å². The van der Waals surface area contributed by atoms with Crippen LogP contribution in [0, 0.1) is 0 Å². The van der Waals surface area contributed by atoms with Gasteiger partial charge in [-0.1, -0.05) is 59.8 Å². The van der Waals surface area contributed by atoms with E-state index in [0.717, 1.165) is 11.3 Å². The van der Waals surface area contributed by atoms with Crippen molar-refractivity contribution in [3.8, 4) is 5.69 Å². The zero-order chi connectivity index (χ0) is 21.4. The van der Waals surface area contributed by atoms with E-state index in [1.54, 1.807) is 21.5 Å². The molecule has 3 heterocycles. The third-order valence-corrected chi connectivity index (χ3v) is 6.69. The Morgan fingerprint density at radius 2 is 1.94 bits per heavy atom. The third kappa shape index (κ3) is 3.73. The standard InChI is InChI=1S/C22H18ClN5O2S/c23-18-9-5-4-6-14(18)11-24-19(29)10-16-13-31-22-26-20-17(21(30)27(16)22)12-25-28(20)15-7-2-1-3-8-15/h1-9,12,16H,10-11,13H2,(H,24,29). The van der Waals surface area contributed by atoms with Crippen LogP contribution >= 0.6 is 23.4 Å². The second-order valence-electron chi connectivity index (χ2n) is 7.24. The number of nitrogens with zero attached hydrogens (tertiary/aromatic N) is 4. The number of rotatable bonds is 5. The Hall–Kier alpha value is -3.10. The molecule has 0 saturated heterocycles. The molecule has 0 fully saturated rings. The van der Waals surface area contributed by atoms with Crippen LogP contribution in [-0.2, 0) is 11.3 Å². The molecule has 1 N–H and O–H groups in total. The number of carbonyl (C=O) groups is 1. The van der Waals surface area contributed by atoms with Crippen molar-refractivity contribution in [3.05, 3.63) is 81.7 Å². The third-order valence-electron chi connectivity index (χ3n) is 5.23. The lowest BCUT2D eigenvalue weighted by molar-refractivity contribution is -0.121. The van der Waals surface area contributed by atoms with E-state index >= 15 is 0 Å². The van der Waals surface area contributed by atoms with Gasteiger partial charge in [-0.15, -0.1) is 0 Å². The van der Waals surface area contributed by atoms with Gasteiger partial charge in [-0.25, -0.2) is 9.67 Å². The maximum Gasteiger partial charge on any atom is 0.265 e. The molecule has 1 amide bonds. The van der Waals surface area contributed by atoms with Gasteiger partial charge < -0.3 is 5.32 Å². The van der Waals surface area contributed by atoms with E-state index in [1.165, 1.54) is 11.8 Å². The second-order valence-corrected chi connectivity index (χ2v) is 8.63. The molecule has 1 atom stereocenters. The molecule has 0 saturated carbocycles. The Morgan fingerprint density at radius 1 is 1.16 bits per heavy atom. The monoisotopic (exact) mass is 451 g/mol. The van der Waals surface area contributed by atoms with Gasteiger partial charge in [0.15, 0.2) is 10.8 Å². The van der Waals surface area contributed by atoms with Crippen molar-refractivity contribution in [3.63, 3.8) is 0 Å². The van der Waals surface area contributed by atoms with E-state index in [1.807, 2.05) is 48.5 Å². The minimum absolute atomic E-state index is 0.134. The summed E-state index contributed by atoms with van der Waals surface area (Å²) in [4.78, 5) is 30.4. The lowest BCUT2D eigenvalue weighted by Gasteiger charge is -2.14. The SMILES string of the molecule is O=C(CC1CSc2nc3c(cnn3-c3ccccc3)c(=O)n21)NCc1ccccc1Cl. The van der Waals surface area contributed by atoms with Gasteiger partial charge >= 0.3 is 0 Å². The number of carbonyl (C=O) groups excluding carboxylic acids is 1. The van der Waals surface area contributed by atoms with Crippen LogP contribution in [0.1, 0.15) is 18.0 Å². The zero-order valence-corrected chi connectivity index (χ0v) is 17.9. The van der Waals surface area contributed by atoms with Crippen LogP contribution in [-0.4, -0.2) is 31.0 Å². The van der Waals surface area contributed by atoms with Crippen molar-refractivity contribution >= 4 is 40.3 Å². The Balaban J connectivity index is 1.38. The highest BCUT2D eigenvalue weighted by atomic mass is 35.5. The van der Waals surface area contributed by atoms with Crippen molar-refractivity contribution in [1.29, 1.82) is 0 Å². The number of benzene rings is 2. The molecule has 0 bridgehead atoms. The number of para-hydroxylation sites is 1. The summed E-state index contributed by atoms with van der Waals surface area (Å²) >= 11 is 7.63. The second kappa shape index (κ2) is 8.20. The first-order chi connectivity index (χ1) is 15.1. The first-order valence-electron chi connectivity index (χ1n) is 9.80. The van der Waals surface area contributed by atoms with Crippen molar-refractivity contribution in [2.24, 2.45) is 0 Å². The fraction of sp³-hybridized carbons (Fsp3) is 0.182. The quantitative estimate of drug-likeness (QED) is 0.469. The fourth-order valence-corrected chi connectivity index (χ4v) is 4.99. The fourth-order valence-electron chi connectivity index (χ4n) is 3.66. The van der Waals surface area contributed by atoms with Crippen LogP contribution in [0.3, 0.4) is 0 Å². The molecule has 1 aliphatic heterocycles. The first-order valence-corrected chi connectivity index (χ1v) is 11.2. The summed E-state index contributed by atoms with van der Waals surface area (Å²) in [5, 5.41) is 8.92. The first kappa shape index (κ1) is 19.8. The molecule has 1 aliphatic rings. The minimum atomic E-state index is -0.254. The molecule has 0 spiro atoms. The molecule has 156 valence electrons. The maximum absolute atomic E-state index is 13.2. The molecule has 1 unspecified atom stereocenters. The largest absolute Gasteiger partial charge is 0.352 e. The Labute approximate surface area is 187 Å². The predicted molar refractivity (Wildman–Crippen MR) is 121 cm³/mol. The van der Waals surface area contributed by atoms with E-state index < -0.39 is 0 Å². The molecule has 9 heteroatoms. The molecule has 7 nitrogen and oxygen atoms in total. The summed E-state index contributed by atoms with van der Waals surface area (Å²) < 4.78 is 3.29. The minimum Gasteiger partial charge on any atom is -0.352 e. The summed E-state index contributed by atoms with van der Waals surface area (Å²) in [6, 6.07) is 16.7. The molecule has 5 rings (SSSR count). The molecular formula is C22H18ClN5O2S. The highest BCUT2D eigenvalue weighted by Crippen LogP contribution is 2.33. The van der Waals surface area contributed by atoms with E-state index in [-0.39, 0.29) is 23.9 Å². The van der Waals surface area contributed by atoms with Crippen molar-refractivity contribution in [2.75, 3.05) is 5.75 Å². The van der Waals surface area contributed by atoms with Gasteiger partial charge in [0.2, 0.25) is 5.91 Å². The van der Waals surface area contributed by atoms with E-state index in [0.29, 0.717) is 33.5 Å². The predicted octanol–water partition coefficient (Wildman–Crippen LogP) is 3.59. The smallest absolute Gasteiger partial charge is 0.265 e. The van der Waals surface area contributed by atoms with Gasteiger partial charge in [0.25, 0.3) is 5.56 Å². The lowest BCUT2D eigenvalue weighted by Crippen LogP contribution is -2.30. The summed E-state index contributed by atoms with van der Waals surface area (Å²) in [7, 11) is 0. The normalized spacial score (nSPS) is 15.2. The summed E-state index contributed by atoms with van der Waals surface area (Å²) in [6.07, 6.45) is 1.74. The van der Waals surface area contributed by atoms with Crippen LogP contribution in [0.4, 0.5) is 0 Å². The van der Waals surface area contributed by atoms with Gasteiger partial charge in [0.1, 0.15) is 5.39 Å². The maximum atomic E-state index is 13.2. The van der Waals surface area contributed by atoms with Crippen molar-refractivity contribution in [1.82, 2.24) is 24.6 Å². The Bertz CT molecular complexity index is 1330. The summed E-state index contributed by atoms with van der Waals surface area (Å²) in [5.74, 6) is 0.484. The van der Waals surface area contributed by atoms with E-state index in [9.17, 15) is 9.59 Å². The molecule has 0 aliphatic carbocycles. The number of hydrogen-bond donors (Lipinski definition) is 1.